The molecule has 0 saturated carbocycles. The van der Waals surface area contributed by atoms with E-state index < -0.39 is 29.4 Å². The zero-order valence-corrected chi connectivity index (χ0v) is 23.2. The van der Waals surface area contributed by atoms with Crippen LogP contribution in [0.1, 0.15) is 27.0 Å². The van der Waals surface area contributed by atoms with Gasteiger partial charge < -0.3 is 9.64 Å². The summed E-state index contributed by atoms with van der Waals surface area (Å²) in [6.07, 6.45) is -9.95. The Labute approximate surface area is 244 Å². The minimum absolute atomic E-state index is 0.0714. The summed E-state index contributed by atoms with van der Waals surface area (Å²) in [4.78, 5) is 28.5. The molecule has 1 heterocycles. The van der Waals surface area contributed by atoms with E-state index in [2.05, 4.69) is 8.65 Å². The summed E-state index contributed by atoms with van der Waals surface area (Å²) in [5.41, 5.74) is 0.543. The maximum absolute atomic E-state index is 13.5. The number of hydrogen-bond acceptors (Lipinski definition) is 4. The second-order valence-corrected chi connectivity index (χ2v) is 9.46. The van der Waals surface area contributed by atoms with E-state index in [0.717, 1.165) is 0 Å². The monoisotopic (exact) mass is 693 g/mol. The van der Waals surface area contributed by atoms with Crippen molar-refractivity contribution in [3.63, 3.8) is 0 Å². The van der Waals surface area contributed by atoms with Crippen LogP contribution < -0.4 is 10.4 Å². The topological polar surface area (TPSA) is 71.1 Å². The molecule has 0 bridgehead atoms. The Morgan fingerprint density at radius 2 is 1.41 bits per heavy atom. The first kappa shape index (κ1) is 30.6. The molecule has 0 aliphatic carbocycles. The minimum Gasteiger partial charge on any atom is -0.378 e. The van der Waals surface area contributed by atoms with E-state index in [1.165, 1.54) is 52.2 Å². The number of amides is 3. The summed E-state index contributed by atoms with van der Waals surface area (Å²) in [7, 11) is 0. The third-order valence-corrected chi connectivity index (χ3v) is 6.52. The molecular formula is C27H22F6IN3O4. The first-order valence-corrected chi connectivity index (χ1v) is 13.0. The Morgan fingerprint density at radius 1 is 0.854 bits per heavy atom. The second-order valence-electron chi connectivity index (χ2n) is 9.01. The summed E-state index contributed by atoms with van der Waals surface area (Å²) in [6.45, 7) is 1.44. The highest BCUT2D eigenvalue weighted by molar-refractivity contribution is 14.1. The molecule has 1 saturated heterocycles. The normalized spacial score (nSPS) is 14.1. The maximum atomic E-state index is 13.5. The summed E-state index contributed by atoms with van der Waals surface area (Å²) in [5.74, 6) is -0.467. The fraction of sp³-hybridized carbons (Fsp3) is 0.259. The Hall–Kier alpha value is -3.37. The molecular weight excluding hydrogens is 671 g/mol. The number of hydrogen-bond donors (Lipinski definition) is 1. The molecule has 0 atom stereocenters. The van der Waals surface area contributed by atoms with Gasteiger partial charge in [-0.25, -0.2) is 13.4 Å². The number of halogens is 7. The first-order chi connectivity index (χ1) is 19.4. The van der Waals surface area contributed by atoms with Crippen LogP contribution in [0.3, 0.4) is 0 Å². The number of carbonyl (C=O) groups excluding carboxylic acids is 2. The molecule has 3 aromatic carbocycles. The van der Waals surface area contributed by atoms with Gasteiger partial charge in [0.15, 0.2) is 0 Å². The second kappa shape index (κ2) is 12.7. The van der Waals surface area contributed by atoms with Crippen LogP contribution in [0.25, 0.3) is 11.1 Å². The number of rotatable bonds is 6. The van der Waals surface area contributed by atoms with Crippen LogP contribution in [0, 0.1) is 0 Å². The van der Waals surface area contributed by atoms with Crippen molar-refractivity contribution < 1.29 is 43.8 Å². The van der Waals surface area contributed by atoms with Gasteiger partial charge in [0, 0.05) is 24.3 Å². The molecule has 218 valence electrons. The van der Waals surface area contributed by atoms with Crippen LogP contribution in [0.4, 0.5) is 36.8 Å². The lowest BCUT2D eigenvalue weighted by atomic mass is 9.98. The molecule has 41 heavy (non-hydrogen) atoms. The standard InChI is InChI=1S/C27H22F6IN3O4/c28-26(29,30)21-13-20(14-22(15-21)27(31,32)33)18-5-7-23(8-6-18)37(25(39)36-9-11-40-12-10-36)16-17-1-3-19(4-2-17)24(38)35-41-34/h1-8,13-15H,9-12,16H2,(H,35,38). The lowest BCUT2D eigenvalue weighted by molar-refractivity contribution is -0.143. The molecule has 7 nitrogen and oxygen atoms in total. The van der Waals surface area contributed by atoms with Gasteiger partial charge in [-0.15, -0.1) is 0 Å². The smallest absolute Gasteiger partial charge is 0.378 e. The number of ether oxygens (including phenoxy) is 1. The lowest BCUT2D eigenvalue weighted by Crippen LogP contribution is -2.48. The van der Waals surface area contributed by atoms with Crippen molar-refractivity contribution in [3.05, 3.63) is 89.0 Å². The van der Waals surface area contributed by atoms with E-state index in [1.54, 1.807) is 29.2 Å². The highest BCUT2D eigenvalue weighted by Gasteiger charge is 2.37. The molecule has 0 aromatic heterocycles. The van der Waals surface area contributed by atoms with E-state index in [1.807, 2.05) is 0 Å². The van der Waals surface area contributed by atoms with Gasteiger partial charge in [0.05, 0.1) is 30.9 Å². The van der Waals surface area contributed by atoms with Crippen LogP contribution in [0.2, 0.25) is 0 Å². The molecule has 1 fully saturated rings. The van der Waals surface area contributed by atoms with Gasteiger partial charge >= 0.3 is 18.4 Å². The lowest BCUT2D eigenvalue weighted by Gasteiger charge is -2.33. The van der Waals surface area contributed by atoms with Crippen molar-refractivity contribution in [1.82, 2.24) is 10.4 Å². The summed E-state index contributed by atoms with van der Waals surface area (Å²) in [5, 5.41) is 0. The number of alkyl halides is 6. The third kappa shape index (κ3) is 7.68. The zero-order valence-electron chi connectivity index (χ0n) is 21.1. The molecule has 3 amide bonds. The number of urea groups is 1. The molecule has 14 heteroatoms. The van der Waals surface area contributed by atoms with Crippen molar-refractivity contribution in [2.24, 2.45) is 0 Å². The van der Waals surface area contributed by atoms with Gasteiger partial charge in [0.1, 0.15) is 23.0 Å². The van der Waals surface area contributed by atoms with Crippen molar-refractivity contribution >= 4 is 40.6 Å². The van der Waals surface area contributed by atoms with Gasteiger partial charge in [-0.1, -0.05) is 24.3 Å². The average Bonchev–Trinajstić information content (AvgIpc) is 2.95. The fourth-order valence-corrected chi connectivity index (χ4v) is 4.39. The third-order valence-electron chi connectivity index (χ3n) is 6.30. The number of hydroxylamine groups is 1. The summed E-state index contributed by atoms with van der Waals surface area (Å²) in [6, 6.07) is 13.1. The first-order valence-electron chi connectivity index (χ1n) is 12.1. The Morgan fingerprint density at radius 3 is 1.93 bits per heavy atom. The molecule has 1 aliphatic rings. The van der Waals surface area contributed by atoms with Crippen LogP contribution in [-0.2, 0) is 26.8 Å². The van der Waals surface area contributed by atoms with Crippen molar-refractivity contribution in [3.8, 4) is 11.1 Å². The van der Waals surface area contributed by atoms with Crippen LogP contribution in [0.5, 0.6) is 0 Å². The Kier molecular flexibility index (Phi) is 9.44. The SMILES string of the molecule is O=C(NOI)c1ccc(CN(C(=O)N2CCOCC2)c2ccc(-c3cc(C(F)(F)F)cc(C(F)(F)F)c3)cc2)cc1. The van der Waals surface area contributed by atoms with Gasteiger partial charge in [0.2, 0.25) is 0 Å². The van der Waals surface area contributed by atoms with E-state index in [0.29, 0.717) is 55.3 Å². The van der Waals surface area contributed by atoms with Crippen LogP contribution >= 0.6 is 23.0 Å². The molecule has 0 spiro atoms. The number of anilines is 1. The number of nitrogens with one attached hydrogen (secondary N) is 1. The van der Waals surface area contributed by atoms with Crippen molar-refractivity contribution in [1.29, 1.82) is 0 Å². The molecule has 3 aromatic rings. The minimum atomic E-state index is -4.98. The summed E-state index contributed by atoms with van der Waals surface area (Å²) >= 11 is 1.51. The molecule has 1 aliphatic heterocycles. The molecule has 1 N–H and O–H groups in total. The van der Waals surface area contributed by atoms with E-state index in [9.17, 15) is 35.9 Å². The zero-order chi connectivity index (χ0) is 29.8. The van der Waals surface area contributed by atoms with E-state index >= 15 is 0 Å². The molecule has 0 unspecified atom stereocenters. The highest BCUT2D eigenvalue weighted by Crippen LogP contribution is 2.39. The van der Waals surface area contributed by atoms with Crippen LogP contribution in [-0.4, -0.2) is 43.1 Å². The van der Waals surface area contributed by atoms with Gasteiger partial charge in [-0.05, 0) is 59.2 Å². The quantitative estimate of drug-likeness (QED) is 0.174. The number of carbonyl (C=O) groups is 2. The van der Waals surface area contributed by atoms with Crippen molar-refractivity contribution in [2.75, 3.05) is 31.2 Å². The van der Waals surface area contributed by atoms with Crippen LogP contribution in [0.15, 0.2) is 66.7 Å². The fourth-order valence-electron chi connectivity index (χ4n) is 4.19. The van der Waals surface area contributed by atoms with E-state index in [-0.39, 0.29) is 29.8 Å². The van der Waals surface area contributed by atoms with Gasteiger partial charge in [-0.3, -0.25) is 9.69 Å². The Balaban J connectivity index is 1.66. The maximum Gasteiger partial charge on any atom is 0.416 e. The van der Waals surface area contributed by atoms with Crippen molar-refractivity contribution in [2.45, 2.75) is 18.9 Å². The molecule has 4 rings (SSSR count). The van der Waals surface area contributed by atoms with Gasteiger partial charge in [-0.2, -0.15) is 26.3 Å². The van der Waals surface area contributed by atoms with E-state index in [4.69, 9.17) is 4.74 Å². The number of morpholine rings is 1. The summed E-state index contributed by atoms with van der Waals surface area (Å²) < 4.78 is 90.0. The predicted octanol–water partition coefficient (Wildman–Crippen LogP) is 6.86. The average molecular weight is 693 g/mol. The van der Waals surface area contributed by atoms with Gasteiger partial charge in [0.25, 0.3) is 5.91 Å². The Bertz CT molecular complexity index is 1340. The number of benzene rings is 3. The largest absolute Gasteiger partial charge is 0.416 e. The highest BCUT2D eigenvalue weighted by atomic mass is 127. The molecule has 0 radical (unpaired) electrons. The number of nitrogens with zero attached hydrogens (tertiary/aromatic N) is 2. The predicted molar refractivity (Wildman–Crippen MR) is 145 cm³/mol.